The van der Waals surface area contributed by atoms with E-state index in [1.807, 2.05) is 6.92 Å². The molecule has 1 rings (SSSR count). The number of carbonyl (C=O) groups excluding carboxylic acids is 1. The molecule has 1 aromatic carbocycles. The Hall–Kier alpha value is -1.52. The maximum atomic E-state index is 12.0. The molecule has 118 valence electrons. The third kappa shape index (κ3) is 6.65. The zero-order valence-electron chi connectivity index (χ0n) is 12.8. The summed E-state index contributed by atoms with van der Waals surface area (Å²) in [6.45, 7) is 8.26. The van der Waals surface area contributed by atoms with E-state index < -0.39 is 6.36 Å². The highest BCUT2D eigenvalue weighted by molar-refractivity contribution is 5.81. The van der Waals surface area contributed by atoms with Crippen LogP contribution < -0.4 is 4.74 Å². The van der Waals surface area contributed by atoms with Gasteiger partial charge in [-0.1, -0.05) is 39.8 Å². The van der Waals surface area contributed by atoms with E-state index in [9.17, 15) is 18.0 Å². The van der Waals surface area contributed by atoms with Gasteiger partial charge < -0.3 is 4.74 Å². The van der Waals surface area contributed by atoms with Crippen molar-refractivity contribution in [2.75, 3.05) is 0 Å². The van der Waals surface area contributed by atoms with Crippen molar-refractivity contribution in [2.24, 2.45) is 11.3 Å². The number of hydrogen-bond acceptors (Lipinski definition) is 2. The van der Waals surface area contributed by atoms with Gasteiger partial charge in [-0.15, -0.1) is 13.2 Å². The van der Waals surface area contributed by atoms with Crippen LogP contribution in [0.3, 0.4) is 0 Å². The van der Waals surface area contributed by atoms with Gasteiger partial charge in [0, 0.05) is 12.8 Å². The van der Waals surface area contributed by atoms with Gasteiger partial charge in [-0.2, -0.15) is 0 Å². The summed E-state index contributed by atoms with van der Waals surface area (Å²) >= 11 is 0. The molecule has 0 N–H and O–H groups in total. The van der Waals surface area contributed by atoms with Gasteiger partial charge in [0.05, 0.1) is 0 Å². The van der Waals surface area contributed by atoms with Crippen LogP contribution in [0.25, 0.3) is 0 Å². The van der Waals surface area contributed by atoms with Crippen molar-refractivity contribution in [1.82, 2.24) is 0 Å². The minimum absolute atomic E-state index is 0.0556. The first-order chi connectivity index (χ1) is 9.47. The molecule has 1 atom stereocenters. The van der Waals surface area contributed by atoms with Gasteiger partial charge in [0.15, 0.2) is 0 Å². The first kappa shape index (κ1) is 17.5. The molecule has 0 aromatic heterocycles. The standard InChI is InChI=1S/C16H21F3O2/c1-11(15(2,3)4)9-13(20)10-12-5-7-14(8-6-12)21-16(17,18)19/h5-8,11H,9-10H2,1-4H3. The van der Waals surface area contributed by atoms with Gasteiger partial charge in [0.1, 0.15) is 11.5 Å². The molecule has 0 aliphatic heterocycles. The molecule has 0 radical (unpaired) electrons. The molecular weight excluding hydrogens is 281 g/mol. The van der Waals surface area contributed by atoms with Gasteiger partial charge in [-0.3, -0.25) is 4.79 Å². The lowest BCUT2D eigenvalue weighted by Gasteiger charge is -2.26. The van der Waals surface area contributed by atoms with Gasteiger partial charge in [0.2, 0.25) is 0 Å². The second kappa shape index (κ2) is 6.50. The summed E-state index contributed by atoms with van der Waals surface area (Å²) in [7, 11) is 0. The van der Waals surface area contributed by atoms with Crippen LogP contribution in [0, 0.1) is 11.3 Å². The van der Waals surface area contributed by atoms with E-state index in [0.29, 0.717) is 12.0 Å². The van der Waals surface area contributed by atoms with Crippen LogP contribution in [0.4, 0.5) is 13.2 Å². The number of hydrogen-bond donors (Lipinski definition) is 0. The second-order valence-corrected chi connectivity index (χ2v) is 6.38. The summed E-state index contributed by atoms with van der Waals surface area (Å²) < 4.78 is 39.9. The monoisotopic (exact) mass is 302 g/mol. The molecule has 21 heavy (non-hydrogen) atoms. The molecule has 0 heterocycles. The van der Waals surface area contributed by atoms with Crippen molar-refractivity contribution in [3.8, 4) is 5.75 Å². The number of carbonyl (C=O) groups is 1. The molecule has 1 aromatic rings. The highest BCUT2D eigenvalue weighted by Crippen LogP contribution is 2.28. The SMILES string of the molecule is CC(CC(=O)Cc1ccc(OC(F)(F)F)cc1)C(C)(C)C. The Morgan fingerprint density at radius 2 is 1.67 bits per heavy atom. The van der Waals surface area contributed by atoms with Gasteiger partial charge in [-0.25, -0.2) is 0 Å². The second-order valence-electron chi connectivity index (χ2n) is 6.38. The van der Waals surface area contributed by atoms with Gasteiger partial charge >= 0.3 is 6.36 Å². The highest BCUT2D eigenvalue weighted by Gasteiger charge is 2.31. The number of rotatable bonds is 5. The Morgan fingerprint density at radius 1 is 1.14 bits per heavy atom. The molecule has 2 nitrogen and oxygen atoms in total. The topological polar surface area (TPSA) is 26.3 Å². The molecule has 5 heteroatoms. The van der Waals surface area contributed by atoms with Gasteiger partial charge in [-0.05, 0) is 29.0 Å². The van der Waals surface area contributed by atoms with Crippen molar-refractivity contribution in [3.05, 3.63) is 29.8 Å². The average Bonchev–Trinajstić information content (AvgIpc) is 2.28. The Balaban J connectivity index is 2.58. The lowest BCUT2D eigenvalue weighted by molar-refractivity contribution is -0.274. The predicted molar refractivity (Wildman–Crippen MR) is 75.1 cm³/mol. The zero-order valence-corrected chi connectivity index (χ0v) is 12.8. The number of Topliss-reactive ketones (excluding diaryl/α,β-unsaturated/α-hetero) is 1. The lowest BCUT2D eigenvalue weighted by atomic mass is 9.79. The van der Waals surface area contributed by atoms with E-state index in [1.165, 1.54) is 24.3 Å². The van der Waals surface area contributed by atoms with Crippen LogP contribution in [0.1, 0.15) is 39.7 Å². The normalized spacial score (nSPS) is 13.9. The Bertz CT molecular complexity index is 470. The molecule has 0 fully saturated rings. The highest BCUT2D eigenvalue weighted by atomic mass is 19.4. The van der Waals surface area contributed by atoms with E-state index in [1.54, 1.807) is 0 Å². The van der Waals surface area contributed by atoms with Crippen molar-refractivity contribution < 1.29 is 22.7 Å². The van der Waals surface area contributed by atoms with Crippen molar-refractivity contribution in [3.63, 3.8) is 0 Å². The number of halogens is 3. The average molecular weight is 302 g/mol. The van der Waals surface area contributed by atoms with Crippen molar-refractivity contribution in [2.45, 2.75) is 46.9 Å². The largest absolute Gasteiger partial charge is 0.573 e. The van der Waals surface area contributed by atoms with Crippen molar-refractivity contribution in [1.29, 1.82) is 0 Å². The molecule has 0 amide bonds. The molecule has 1 unspecified atom stereocenters. The van der Waals surface area contributed by atoms with E-state index in [-0.39, 0.29) is 29.3 Å². The third-order valence-corrected chi connectivity index (χ3v) is 3.57. The first-order valence-corrected chi connectivity index (χ1v) is 6.84. The molecule has 0 saturated carbocycles. The fourth-order valence-electron chi connectivity index (χ4n) is 1.76. The number of benzene rings is 1. The van der Waals surface area contributed by atoms with E-state index in [4.69, 9.17) is 0 Å². The molecule has 0 aliphatic carbocycles. The molecule has 0 aliphatic rings. The summed E-state index contributed by atoms with van der Waals surface area (Å²) in [5.41, 5.74) is 0.746. The van der Waals surface area contributed by atoms with Crippen LogP contribution in [0.5, 0.6) is 5.75 Å². The van der Waals surface area contributed by atoms with E-state index >= 15 is 0 Å². The Morgan fingerprint density at radius 3 is 2.10 bits per heavy atom. The summed E-state index contributed by atoms with van der Waals surface area (Å²) in [6, 6.07) is 5.42. The third-order valence-electron chi connectivity index (χ3n) is 3.57. The van der Waals surface area contributed by atoms with Crippen molar-refractivity contribution >= 4 is 5.78 Å². The maximum Gasteiger partial charge on any atom is 0.573 e. The maximum absolute atomic E-state index is 12.0. The summed E-state index contributed by atoms with van der Waals surface area (Å²) in [5, 5.41) is 0. The number of alkyl halides is 3. The van der Waals surface area contributed by atoms with Crippen LogP contribution in [0.15, 0.2) is 24.3 Å². The molecular formula is C16H21F3O2. The smallest absolute Gasteiger partial charge is 0.406 e. The number of ether oxygens (including phenoxy) is 1. The number of ketones is 1. The molecule has 0 saturated heterocycles. The summed E-state index contributed by atoms with van der Waals surface area (Å²) in [5.74, 6) is 0.0570. The quantitative estimate of drug-likeness (QED) is 0.783. The first-order valence-electron chi connectivity index (χ1n) is 6.84. The van der Waals surface area contributed by atoms with E-state index in [2.05, 4.69) is 25.5 Å². The van der Waals surface area contributed by atoms with Crippen LogP contribution in [0.2, 0.25) is 0 Å². The molecule has 0 spiro atoms. The Labute approximate surface area is 123 Å². The van der Waals surface area contributed by atoms with Crippen LogP contribution >= 0.6 is 0 Å². The Kier molecular flexibility index (Phi) is 5.42. The zero-order chi connectivity index (χ0) is 16.3. The molecule has 0 bridgehead atoms. The predicted octanol–water partition coefficient (Wildman–Crippen LogP) is 4.77. The summed E-state index contributed by atoms with van der Waals surface area (Å²) in [4.78, 5) is 12.0. The van der Waals surface area contributed by atoms with Crippen LogP contribution in [-0.4, -0.2) is 12.1 Å². The van der Waals surface area contributed by atoms with Crippen LogP contribution in [-0.2, 0) is 11.2 Å². The van der Waals surface area contributed by atoms with E-state index in [0.717, 1.165) is 0 Å². The lowest BCUT2D eigenvalue weighted by Crippen LogP contribution is -2.21. The minimum atomic E-state index is -4.69. The fourth-order valence-corrected chi connectivity index (χ4v) is 1.76. The fraction of sp³-hybridized carbons (Fsp3) is 0.562. The summed E-state index contributed by atoms with van der Waals surface area (Å²) in [6.07, 6.45) is -4.00. The van der Waals surface area contributed by atoms with Gasteiger partial charge in [0.25, 0.3) is 0 Å². The minimum Gasteiger partial charge on any atom is -0.406 e.